The van der Waals surface area contributed by atoms with Gasteiger partial charge >= 0.3 is 0 Å². The Bertz CT molecular complexity index is 2050. The molecule has 5 aromatic rings. The van der Waals surface area contributed by atoms with Gasteiger partial charge in [-0.3, -0.25) is 14.4 Å². The maximum absolute atomic E-state index is 13.5. The van der Waals surface area contributed by atoms with Crippen LogP contribution in [-0.4, -0.2) is 66.9 Å². The molecule has 5 heterocycles. The number of benzene rings is 2. The number of amides is 2. The topological polar surface area (TPSA) is 120 Å². The quantitative estimate of drug-likeness (QED) is 0.248. The van der Waals surface area contributed by atoms with Crippen LogP contribution in [0.15, 0.2) is 72.3 Å². The van der Waals surface area contributed by atoms with E-state index in [-0.39, 0.29) is 30.5 Å². The molecule has 0 aliphatic carbocycles. The van der Waals surface area contributed by atoms with Gasteiger partial charge in [-0.05, 0) is 61.7 Å². The highest BCUT2D eigenvalue weighted by Gasteiger charge is 2.27. The lowest BCUT2D eigenvalue weighted by Crippen LogP contribution is -2.39. The molecule has 0 bridgehead atoms. The molecule has 2 aromatic carbocycles. The molecule has 0 atom stereocenters. The van der Waals surface area contributed by atoms with Gasteiger partial charge in [0.15, 0.2) is 12.3 Å². The van der Waals surface area contributed by atoms with Gasteiger partial charge < -0.3 is 24.4 Å². The molecular weight excluding hydrogens is 584 g/mol. The SMILES string of the molecule is C=CCn1c(=O)c2cnc(Nc3ccc4c(ccn4C4CCN(C(C)=O)CC4)c3)nc2n1-c1ccc2c(c1)N(CCC)C(=O)CO2. The Kier molecular flexibility index (Phi) is 7.55. The fourth-order valence-corrected chi connectivity index (χ4v) is 6.58. The summed E-state index contributed by atoms with van der Waals surface area (Å²) >= 11 is 0. The molecule has 1 saturated heterocycles. The second-order valence-electron chi connectivity index (χ2n) is 11.8. The van der Waals surface area contributed by atoms with Crippen LogP contribution in [-0.2, 0) is 16.1 Å². The number of hydrogen-bond donors (Lipinski definition) is 1. The van der Waals surface area contributed by atoms with Crippen molar-refractivity contribution in [3.8, 4) is 11.4 Å². The van der Waals surface area contributed by atoms with Crippen LogP contribution in [0.25, 0.3) is 27.6 Å². The van der Waals surface area contributed by atoms with Gasteiger partial charge in [-0.1, -0.05) is 13.0 Å². The first-order valence-corrected chi connectivity index (χ1v) is 15.7. The van der Waals surface area contributed by atoms with Gasteiger partial charge in [0.25, 0.3) is 11.5 Å². The molecule has 2 amide bonds. The van der Waals surface area contributed by atoms with Gasteiger partial charge in [-0.2, -0.15) is 4.98 Å². The van der Waals surface area contributed by atoms with Crippen molar-refractivity contribution in [2.75, 3.05) is 36.5 Å². The molecule has 3 aromatic heterocycles. The highest BCUT2D eigenvalue weighted by molar-refractivity contribution is 5.98. The summed E-state index contributed by atoms with van der Waals surface area (Å²) in [6.45, 7) is 9.86. The molecule has 2 aliphatic heterocycles. The lowest BCUT2D eigenvalue weighted by Gasteiger charge is -2.32. The number of anilines is 3. The molecule has 1 N–H and O–H groups in total. The van der Waals surface area contributed by atoms with Crippen molar-refractivity contribution in [3.05, 3.63) is 77.9 Å². The van der Waals surface area contributed by atoms with Crippen molar-refractivity contribution in [2.45, 2.75) is 45.7 Å². The predicted molar refractivity (Wildman–Crippen MR) is 177 cm³/mol. The Labute approximate surface area is 265 Å². The lowest BCUT2D eigenvalue weighted by atomic mass is 10.0. The summed E-state index contributed by atoms with van der Waals surface area (Å²) in [6.07, 6.45) is 7.96. The second kappa shape index (κ2) is 11.8. The lowest BCUT2D eigenvalue weighted by molar-refractivity contribution is -0.130. The van der Waals surface area contributed by atoms with Crippen LogP contribution in [0.2, 0.25) is 0 Å². The van der Waals surface area contributed by atoms with Crippen LogP contribution in [0.4, 0.5) is 17.3 Å². The van der Waals surface area contributed by atoms with Crippen LogP contribution in [0.5, 0.6) is 5.75 Å². The van der Waals surface area contributed by atoms with E-state index >= 15 is 0 Å². The first kappa shape index (κ1) is 29.3. The van der Waals surface area contributed by atoms with E-state index in [9.17, 15) is 14.4 Å². The number of piperidine rings is 1. The maximum Gasteiger partial charge on any atom is 0.278 e. The highest BCUT2D eigenvalue weighted by atomic mass is 16.5. The minimum atomic E-state index is -0.242. The molecule has 7 rings (SSSR count). The predicted octanol–water partition coefficient (Wildman–Crippen LogP) is 4.79. The number of fused-ring (bicyclic) bond motifs is 3. The number of carbonyl (C=O) groups excluding carboxylic acids is 2. The summed E-state index contributed by atoms with van der Waals surface area (Å²) in [5.41, 5.74) is 3.45. The molecule has 2 aliphatic rings. The number of likely N-dealkylation sites (tertiary alicyclic amines) is 1. The average molecular weight is 621 g/mol. The van der Waals surface area contributed by atoms with E-state index in [0.717, 1.165) is 48.9 Å². The molecule has 0 saturated carbocycles. The Morgan fingerprint density at radius 2 is 1.96 bits per heavy atom. The number of carbonyl (C=O) groups is 2. The van der Waals surface area contributed by atoms with Gasteiger partial charge in [-0.15, -0.1) is 6.58 Å². The summed E-state index contributed by atoms with van der Waals surface area (Å²) in [6, 6.07) is 14.1. The molecule has 0 spiro atoms. The average Bonchev–Trinajstić information content (AvgIpc) is 3.60. The molecular formula is C34H36N8O4. The van der Waals surface area contributed by atoms with E-state index < -0.39 is 0 Å². The third kappa shape index (κ3) is 5.09. The van der Waals surface area contributed by atoms with E-state index in [1.165, 1.54) is 0 Å². The fourth-order valence-electron chi connectivity index (χ4n) is 6.58. The molecule has 0 unspecified atom stereocenters. The molecule has 12 heteroatoms. The van der Waals surface area contributed by atoms with E-state index in [4.69, 9.17) is 9.72 Å². The van der Waals surface area contributed by atoms with Gasteiger partial charge in [0.2, 0.25) is 11.9 Å². The van der Waals surface area contributed by atoms with Crippen molar-refractivity contribution < 1.29 is 14.3 Å². The highest BCUT2D eigenvalue weighted by Crippen LogP contribution is 2.35. The summed E-state index contributed by atoms with van der Waals surface area (Å²) in [4.78, 5) is 50.9. The van der Waals surface area contributed by atoms with Crippen LogP contribution in [0.1, 0.15) is 39.2 Å². The normalized spacial score (nSPS) is 15.3. The van der Waals surface area contributed by atoms with E-state index in [0.29, 0.717) is 46.7 Å². The zero-order valence-electron chi connectivity index (χ0n) is 26.0. The zero-order valence-corrected chi connectivity index (χ0v) is 26.0. The van der Waals surface area contributed by atoms with Crippen LogP contribution in [0, 0.1) is 0 Å². The first-order chi connectivity index (χ1) is 22.4. The fraction of sp³-hybridized carbons (Fsp3) is 0.324. The minimum absolute atomic E-state index is 0.000809. The van der Waals surface area contributed by atoms with Crippen molar-refractivity contribution >= 4 is 51.1 Å². The van der Waals surface area contributed by atoms with Gasteiger partial charge in [-0.25, -0.2) is 14.3 Å². The molecule has 0 radical (unpaired) electrons. The minimum Gasteiger partial charge on any atom is -0.482 e. The van der Waals surface area contributed by atoms with Crippen LogP contribution >= 0.6 is 0 Å². The van der Waals surface area contributed by atoms with E-state index in [2.05, 4.69) is 45.8 Å². The Hall–Kier alpha value is -5.39. The maximum atomic E-state index is 13.5. The summed E-state index contributed by atoms with van der Waals surface area (Å²) < 4.78 is 11.3. The molecule has 236 valence electrons. The first-order valence-electron chi connectivity index (χ1n) is 15.7. The van der Waals surface area contributed by atoms with Crippen molar-refractivity contribution in [2.24, 2.45) is 0 Å². The van der Waals surface area contributed by atoms with Crippen molar-refractivity contribution in [1.29, 1.82) is 0 Å². The van der Waals surface area contributed by atoms with E-state index in [1.54, 1.807) is 33.5 Å². The molecule has 12 nitrogen and oxygen atoms in total. The molecule has 1 fully saturated rings. The standard InChI is InChI=1S/C34H36N8O4/c1-4-13-40-29-19-26(7-9-30(29)46-21-31(40)44)42-32-27(33(45)41(42)14-5-2)20-35-34(37-32)36-24-6-8-28-23(18-24)10-17-39(28)25-11-15-38(16-12-25)22(3)43/h5-10,17-20,25H,2,4,11-16,21H2,1,3H3,(H,35,36,37). The Balaban J connectivity index is 1.22. The number of aromatic nitrogens is 5. The van der Waals surface area contributed by atoms with E-state index in [1.807, 2.05) is 36.1 Å². The van der Waals surface area contributed by atoms with Gasteiger partial charge in [0.1, 0.15) is 11.1 Å². The summed E-state index contributed by atoms with van der Waals surface area (Å²) in [7, 11) is 0. The number of nitrogens with one attached hydrogen (secondary N) is 1. The van der Waals surface area contributed by atoms with Crippen LogP contribution < -0.4 is 20.5 Å². The zero-order chi connectivity index (χ0) is 31.9. The number of rotatable bonds is 8. The second-order valence-corrected chi connectivity index (χ2v) is 11.8. The third-order valence-corrected chi connectivity index (χ3v) is 8.83. The number of ether oxygens (including phenoxy) is 1. The monoisotopic (exact) mass is 620 g/mol. The smallest absolute Gasteiger partial charge is 0.278 e. The number of allylic oxidation sites excluding steroid dienone is 1. The summed E-state index contributed by atoms with van der Waals surface area (Å²) in [5, 5.41) is 4.77. The van der Waals surface area contributed by atoms with Crippen LogP contribution in [0.3, 0.4) is 0 Å². The molecule has 46 heavy (non-hydrogen) atoms. The van der Waals surface area contributed by atoms with Gasteiger partial charge in [0, 0.05) is 61.6 Å². The van der Waals surface area contributed by atoms with Gasteiger partial charge in [0.05, 0.1) is 17.9 Å². The largest absolute Gasteiger partial charge is 0.482 e. The Morgan fingerprint density at radius 1 is 1.13 bits per heavy atom. The number of hydrogen-bond acceptors (Lipinski definition) is 7. The third-order valence-electron chi connectivity index (χ3n) is 8.83. The van der Waals surface area contributed by atoms with Crippen molar-refractivity contribution in [3.63, 3.8) is 0 Å². The Morgan fingerprint density at radius 3 is 2.72 bits per heavy atom. The van der Waals surface area contributed by atoms with Crippen molar-refractivity contribution in [1.82, 2.24) is 28.8 Å². The number of nitrogens with zero attached hydrogens (tertiary/aromatic N) is 7. The summed E-state index contributed by atoms with van der Waals surface area (Å²) in [5.74, 6) is 0.991.